The number of benzene rings is 4. The number of rotatable bonds is 5. The molecule has 0 aliphatic heterocycles. The summed E-state index contributed by atoms with van der Waals surface area (Å²) < 4.78 is 11.3. The topological polar surface area (TPSA) is 47.6 Å². The van der Waals surface area contributed by atoms with Gasteiger partial charge in [0, 0.05) is 11.5 Å². The molecule has 4 aromatic carbocycles. The number of fused-ring (bicyclic) bond motifs is 3. The molecule has 0 saturated heterocycles. The van der Waals surface area contributed by atoms with Gasteiger partial charge in [-0.05, 0) is 58.7 Å². The maximum atomic E-state index is 12.2. The molecule has 0 saturated carbocycles. The molecule has 4 nitrogen and oxygen atoms in total. The van der Waals surface area contributed by atoms with E-state index in [0.717, 1.165) is 17.1 Å². The SMILES string of the molecule is O=C(NCC#Cc1ccc(Oc2ccccc2)cc1)OCC1c2ccccc2-c2ccccc21. The third kappa shape index (κ3) is 4.79. The lowest BCUT2D eigenvalue weighted by molar-refractivity contribution is 0.144. The highest BCUT2D eigenvalue weighted by atomic mass is 16.5. The van der Waals surface area contributed by atoms with Crippen molar-refractivity contribution >= 4 is 6.09 Å². The highest BCUT2D eigenvalue weighted by Crippen LogP contribution is 2.44. The number of carbonyl (C=O) groups excluding carboxylic acids is 1. The van der Waals surface area contributed by atoms with Crippen molar-refractivity contribution in [2.75, 3.05) is 13.2 Å². The fourth-order valence-corrected chi connectivity index (χ4v) is 4.14. The molecular weight excluding hydrogens is 422 g/mol. The Bertz CT molecular complexity index is 1310. The van der Waals surface area contributed by atoms with Crippen LogP contribution in [0.15, 0.2) is 103 Å². The largest absolute Gasteiger partial charge is 0.457 e. The van der Waals surface area contributed by atoms with Gasteiger partial charge in [0.2, 0.25) is 0 Å². The van der Waals surface area contributed by atoms with Gasteiger partial charge in [0.25, 0.3) is 0 Å². The lowest BCUT2D eigenvalue weighted by atomic mass is 9.98. The molecule has 0 unspecified atom stereocenters. The van der Waals surface area contributed by atoms with Crippen LogP contribution in [0.4, 0.5) is 4.79 Å². The van der Waals surface area contributed by atoms with E-state index >= 15 is 0 Å². The molecule has 0 aromatic heterocycles. The molecular formula is C30H23NO3. The number of hydrogen-bond acceptors (Lipinski definition) is 3. The molecule has 166 valence electrons. The predicted molar refractivity (Wildman–Crippen MR) is 133 cm³/mol. The Kier molecular flexibility index (Phi) is 6.27. The highest BCUT2D eigenvalue weighted by Gasteiger charge is 2.28. The zero-order valence-corrected chi connectivity index (χ0v) is 18.5. The monoisotopic (exact) mass is 445 g/mol. The lowest BCUT2D eigenvalue weighted by Crippen LogP contribution is -2.26. The highest BCUT2D eigenvalue weighted by molar-refractivity contribution is 5.79. The van der Waals surface area contributed by atoms with Crippen molar-refractivity contribution < 1.29 is 14.3 Å². The maximum absolute atomic E-state index is 12.2. The molecule has 34 heavy (non-hydrogen) atoms. The van der Waals surface area contributed by atoms with Crippen LogP contribution in [-0.2, 0) is 4.74 Å². The summed E-state index contributed by atoms with van der Waals surface area (Å²) in [5.74, 6) is 7.57. The van der Waals surface area contributed by atoms with Gasteiger partial charge in [0.05, 0.1) is 6.54 Å². The smallest absolute Gasteiger partial charge is 0.407 e. The molecule has 1 aliphatic carbocycles. The Labute approximate surface area is 199 Å². The third-order valence-electron chi connectivity index (χ3n) is 5.73. The second kappa shape index (κ2) is 9.97. The van der Waals surface area contributed by atoms with Crippen molar-refractivity contribution in [3.8, 4) is 34.5 Å². The Balaban J connectivity index is 1.12. The third-order valence-corrected chi connectivity index (χ3v) is 5.73. The van der Waals surface area contributed by atoms with Gasteiger partial charge in [-0.25, -0.2) is 4.79 Å². The van der Waals surface area contributed by atoms with Crippen molar-refractivity contribution in [3.05, 3.63) is 120 Å². The normalized spacial score (nSPS) is 11.5. The van der Waals surface area contributed by atoms with Gasteiger partial charge in [0.15, 0.2) is 0 Å². The van der Waals surface area contributed by atoms with Crippen LogP contribution in [0.2, 0.25) is 0 Å². The van der Waals surface area contributed by atoms with E-state index in [9.17, 15) is 4.79 Å². The molecule has 0 radical (unpaired) electrons. The Morgan fingerprint density at radius 1 is 0.735 bits per heavy atom. The average molecular weight is 446 g/mol. The van der Waals surface area contributed by atoms with E-state index < -0.39 is 6.09 Å². The first-order valence-corrected chi connectivity index (χ1v) is 11.2. The second-order valence-corrected chi connectivity index (χ2v) is 7.92. The van der Waals surface area contributed by atoms with Crippen LogP contribution in [0.1, 0.15) is 22.6 Å². The summed E-state index contributed by atoms with van der Waals surface area (Å²) in [6.45, 7) is 0.495. The molecule has 0 spiro atoms. The standard InChI is InChI=1S/C30H23NO3/c32-30(33-21-29-27-14-6-4-12-25(27)26-13-5-7-15-28(26)29)31-20-8-9-22-16-18-24(19-17-22)34-23-10-2-1-3-11-23/h1-7,10-19,29H,20-21H2,(H,31,32). The van der Waals surface area contributed by atoms with Crippen LogP contribution in [0.25, 0.3) is 11.1 Å². The van der Waals surface area contributed by atoms with E-state index in [0.29, 0.717) is 0 Å². The summed E-state index contributed by atoms with van der Waals surface area (Å²) in [5, 5.41) is 2.71. The number of hydrogen-bond donors (Lipinski definition) is 1. The Hall–Kier alpha value is -4.49. The van der Waals surface area contributed by atoms with E-state index in [2.05, 4.69) is 41.4 Å². The summed E-state index contributed by atoms with van der Waals surface area (Å²) >= 11 is 0. The van der Waals surface area contributed by atoms with Crippen LogP contribution < -0.4 is 10.1 Å². The minimum Gasteiger partial charge on any atom is -0.457 e. The average Bonchev–Trinajstić information content (AvgIpc) is 3.21. The molecule has 0 fully saturated rings. The molecule has 0 atom stereocenters. The zero-order valence-electron chi connectivity index (χ0n) is 18.5. The summed E-state index contributed by atoms with van der Waals surface area (Å²) in [7, 11) is 0. The van der Waals surface area contributed by atoms with Gasteiger partial charge in [-0.2, -0.15) is 0 Å². The Morgan fingerprint density at radius 2 is 1.32 bits per heavy atom. The first-order chi connectivity index (χ1) is 16.8. The van der Waals surface area contributed by atoms with Crippen LogP contribution in [0.5, 0.6) is 11.5 Å². The predicted octanol–water partition coefficient (Wildman–Crippen LogP) is 6.37. The van der Waals surface area contributed by atoms with Crippen molar-refractivity contribution in [2.24, 2.45) is 0 Å². The minimum absolute atomic E-state index is 0.0425. The van der Waals surface area contributed by atoms with Gasteiger partial charge in [-0.1, -0.05) is 78.6 Å². The number of amides is 1. The minimum atomic E-state index is -0.470. The van der Waals surface area contributed by atoms with E-state index in [1.165, 1.54) is 22.3 Å². The Morgan fingerprint density at radius 3 is 2.00 bits per heavy atom. The van der Waals surface area contributed by atoms with E-state index in [1.54, 1.807) is 0 Å². The van der Waals surface area contributed by atoms with Crippen molar-refractivity contribution in [3.63, 3.8) is 0 Å². The van der Waals surface area contributed by atoms with Crippen LogP contribution >= 0.6 is 0 Å². The molecule has 1 aliphatic rings. The summed E-state index contributed by atoms with van der Waals surface area (Å²) in [5.41, 5.74) is 5.64. The molecule has 0 heterocycles. The van der Waals surface area contributed by atoms with Gasteiger partial charge >= 0.3 is 6.09 Å². The van der Waals surface area contributed by atoms with Crippen LogP contribution in [0.3, 0.4) is 0 Å². The molecule has 1 amide bonds. The van der Waals surface area contributed by atoms with E-state index in [1.807, 2.05) is 78.9 Å². The first kappa shape index (κ1) is 21.4. The quantitative estimate of drug-likeness (QED) is 0.363. The van der Waals surface area contributed by atoms with Crippen LogP contribution in [-0.4, -0.2) is 19.2 Å². The lowest BCUT2D eigenvalue weighted by Gasteiger charge is -2.14. The van der Waals surface area contributed by atoms with Gasteiger partial charge in [0.1, 0.15) is 18.1 Å². The van der Waals surface area contributed by atoms with Crippen molar-refractivity contribution in [1.29, 1.82) is 0 Å². The van der Waals surface area contributed by atoms with Gasteiger partial charge in [-0.3, -0.25) is 0 Å². The maximum Gasteiger partial charge on any atom is 0.407 e. The summed E-state index contributed by atoms with van der Waals surface area (Å²) in [4.78, 5) is 12.2. The summed E-state index contributed by atoms with van der Waals surface area (Å²) in [6.07, 6.45) is -0.470. The number of ether oxygens (including phenoxy) is 2. The molecule has 4 heteroatoms. The summed E-state index contributed by atoms with van der Waals surface area (Å²) in [6, 6.07) is 33.7. The van der Waals surface area contributed by atoms with Gasteiger partial charge in [-0.15, -0.1) is 0 Å². The fraction of sp³-hybridized carbons (Fsp3) is 0.100. The number of nitrogens with one attached hydrogen (secondary N) is 1. The van der Waals surface area contributed by atoms with Crippen molar-refractivity contribution in [2.45, 2.75) is 5.92 Å². The molecule has 4 aromatic rings. The zero-order chi connectivity index (χ0) is 23.2. The molecule has 0 bridgehead atoms. The fourth-order valence-electron chi connectivity index (χ4n) is 4.14. The van der Waals surface area contributed by atoms with Gasteiger partial charge < -0.3 is 14.8 Å². The second-order valence-electron chi connectivity index (χ2n) is 7.92. The number of alkyl carbamates (subject to hydrolysis) is 1. The molecule has 1 N–H and O–H groups in total. The number of para-hydroxylation sites is 1. The van der Waals surface area contributed by atoms with E-state index in [4.69, 9.17) is 9.47 Å². The molecule has 5 rings (SSSR count). The first-order valence-electron chi connectivity index (χ1n) is 11.2. The van der Waals surface area contributed by atoms with Crippen molar-refractivity contribution in [1.82, 2.24) is 5.32 Å². The van der Waals surface area contributed by atoms with Crippen LogP contribution in [0, 0.1) is 11.8 Å². The van der Waals surface area contributed by atoms with E-state index in [-0.39, 0.29) is 19.1 Å². The number of carbonyl (C=O) groups is 1.